The molecule has 0 unspecified atom stereocenters. The third kappa shape index (κ3) is 2.57. The Hall–Kier alpha value is -2.13. The Morgan fingerprint density at radius 1 is 1.44 bits per heavy atom. The minimum absolute atomic E-state index is 0.103. The average molecular weight is 305 g/mol. The lowest BCUT2D eigenvalue weighted by Gasteiger charge is -2.10. The normalized spacial score (nSPS) is 9.83. The number of nitriles is 1. The van der Waals surface area contributed by atoms with E-state index in [-0.39, 0.29) is 11.7 Å². The molecule has 6 heteroatoms. The van der Waals surface area contributed by atoms with Gasteiger partial charge in [-0.1, -0.05) is 15.9 Å². The number of aryl methyl sites for hydroxylation is 1. The Labute approximate surface area is 112 Å². The molecule has 0 radical (unpaired) electrons. The van der Waals surface area contributed by atoms with Gasteiger partial charge in [-0.05, 0) is 30.7 Å². The average Bonchev–Trinajstić information content (AvgIpc) is 2.34. The minimum Gasteiger partial charge on any atom is -0.422 e. The zero-order valence-corrected chi connectivity index (χ0v) is 11.1. The molecule has 2 aromatic rings. The van der Waals surface area contributed by atoms with Gasteiger partial charge in [0.15, 0.2) is 5.75 Å². The van der Waals surface area contributed by atoms with Gasteiger partial charge in [-0.2, -0.15) is 10.2 Å². The molecule has 2 rings (SSSR count). The molecule has 90 valence electrons. The highest BCUT2D eigenvalue weighted by molar-refractivity contribution is 9.10. The van der Waals surface area contributed by atoms with Crippen molar-refractivity contribution in [1.82, 2.24) is 9.97 Å². The second kappa shape index (κ2) is 5.02. The van der Waals surface area contributed by atoms with Gasteiger partial charge in [0, 0.05) is 10.7 Å². The van der Waals surface area contributed by atoms with E-state index in [1.165, 1.54) is 12.3 Å². The molecule has 2 N–H and O–H groups in total. The van der Waals surface area contributed by atoms with Crippen molar-refractivity contribution >= 4 is 21.6 Å². The van der Waals surface area contributed by atoms with Crippen LogP contribution in [0.15, 0.2) is 28.9 Å². The fourth-order valence-corrected chi connectivity index (χ4v) is 2.03. The first kappa shape index (κ1) is 12.3. The summed E-state index contributed by atoms with van der Waals surface area (Å²) in [7, 11) is 0. The lowest BCUT2D eigenvalue weighted by molar-refractivity contribution is 0.440. The number of nitrogens with two attached hydrogens (primary N) is 1. The lowest BCUT2D eigenvalue weighted by Crippen LogP contribution is -1.98. The first-order valence-electron chi connectivity index (χ1n) is 5.07. The fraction of sp³-hybridized carbons (Fsp3) is 0.0833. The minimum atomic E-state index is 0.103. The number of anilines is 1. The molecule has 5 nitrogen and oxygen atoms in total. The van der Waals surface area contributed by atoms with Gasteiger partial charge in [-0.25, -0.2) is 4.98 Å². The van der Waals surface area contributed by atoms with Crippen molar-refractivity contribution in [2.24, 2.45) is 0 Å². The molecule has 0 saturated carbocycles. The number of rotatable bonds is 2. The molecule has 1 aromatic heterocycles. The largest absolute Gasteiger partial charge is 0.422 e. The first-order valence-corrected chi connectivity index (χ1v) is 5.86. The number of nitrogens with zero attached hydrogens (tertiary/aromatic N) is 3. The van der Waals surface area contributed by atoms with Crippen LogP contribution in [0.4, 0.5) is 5.69 Å². The molecule has 0 aliphatic heterocycles. The monoisotopic (exact) mass is 304 g/mol. The third-order valence-corrected chi connectivity index (χ3v) is 2.67. The van der Waals surface area contributed by atoms with Gasteiger partial charge in [0.05, 0.1) is 5.69 Å². The van der Waals surface area contributed by atoms with Crippen LogP contribution in [0.25, 0.3) is 0 Å². The Kier molecular flexibility index (Phi) is 3.44. The predicted octanol–water partition coefficient (Wildman–Crippen LogP) is 2.79. The highest BCUT2D eigenvalue weighted by atomic mass is 79.9. The van der Waals surface area contributed by atoms with E-state index < -0.39 is 0 Å². The summed E-state index contributed by atoms with van der Waals surface area (Å²) in [5, 5.41) is 8.75. The van der Waals surface area contributed by atoms with E-state index in [9.17, 15) is 0 Å². The van der Waals surface area contributed by atoms with Crippen molar-refractivity contribution in [2.45, 2.75) is 6.92 Å². The smallest absolute Gasteiger partial charge is 0.323 e. The summed E-state index contributed by atoms with van der Waals surface area (Å²) in [6.07, 6.45) is 1.46. The topological polar surface area (TPSA) is 84.8 Å². The van der Waals surface area contributed by atoms with Gasteiger partial charge in [0.1, 0.15) is 11.8 Å². The van der Waals surface area contributed by atoms with Crippen LogP contribution in [0.1, 0.15) is 11.3 Å². The third-order valence-electron chi connectivity index (χ3n) is 2.21. The zero-order chi connectivity index (χ0) is 13.1. The summed E-state index contributed by atoms with van der Waals surface area (Å²) in [5.74, 6) is 0.494. The van der Waals surface area contributed by atoms with Crippen molar-refractivity contribution in [3.8, 4) is 17.8 Å². The lowest BCUT2D eigenvalue weighted by atomic mass is 10.2. The maximum atomic E-state index is 8.75. The number of aromatic nitrogens is 2. The number of hydrogen-bond donors (Lipinski definition) is 1. The Balaban J connectivity index is 2.37. The molecule has 1 aromatic carbocycles. The maximum Gasteiger partial charge on any atom is 0.323 e. The molecular formula is C12H9BrN4O. The number of hydrogen-bond acceptors (Lipinski definition) is 5. The van der Waals surface area contributed by atoms with E-state index in [1.807, 2.05) is 19.1 Å². The van der Waals surface area contributed by atoms with Crippen LogP contribution in [0, 0.1) is 18.3 Å². The highest BCUT2D eigenvalue weighted by Gasteiger charge is 2.09. The fourth-order valence-electron chi connectivity index (χ4n) is 1.44. The molecule has 0 fully saturated rings. The number of halogens is 1. The van der Waals surface area contributed by atoms with Crippen molar-refractivity contribution in [3.63, 3.8) is 0 Å². The van der Waals surface area contributed by atoms with Crippen LogP contribution in [0.3, 0.4) is 0 Å². The van der Waals surface area contributed by atoms with E-state index in [1.54, 1.807) is 6.07 Å². The van der Waals surface area contributed by atoms with E-state index in [2.05, 4.69) is 25.9 Å². The highest BCUT2D eigenvalue weighted by Crippen LogP contribution is 2.32. The Morgan fingerprint density at radius 3 is 2.89 bits per heavy atom. The summed E-state index contributed by atoms with van der Waals surface area (Å²) in [5.41, 5.74) is 7.44. The van der Waals surface area contributed by atoms with E-state index in [4.69, 9.17) is 15.7 Å². The predicted molar refractivity (Wildman–Crippen MR) is 70.1 cm³/mol. The summed E-state index contributed by atoms with van der Waals surface area (Å²) in [4.78, 5) is 7.87. The number of ether oxygens (including phenoxy) is 1. The second-order valence-electron chi connectivity index (χ2n) is 3.58. The summed E-state index contributed by atoms with van der Waals surface area (Å²) >= 11 is 3.35. The number of benzene rings is 1. The summed E-state index contributed by atoms with van der Waals surface area (Å²) < 4.78 is 6.39. The molecule has 0 atom stereocenters. The zero-order valence-electron chi connectivity index (χ0n) is 9.51. The van der Waals surface area contributed by atoms with Crippen LogP contribution < -0.4 is 10.5 Å². The van der Waals surface area contributed by atoms with Crippen molar-refractivity contribution < 1.29 is 4.74 Å². The number of nitrogen functional groups attached to an aromatic ring is 1. The quantitative estimate of drug-likeness (QED) is 0.862. The van der Waals surface area contributed by atoms with E-state index in [0.29, 0.717) is 11.4 Å². The molecule has 0 aliphatic rings. The van der Waals surface area contributed by atoms with Crippen LogP contribution in [0.2, 0.25) is 0 Å². The van der Waals surface area contributed by atoms with Gasteiger partial charge in [-0.3, -0.25) is 0 Å². The molecule has 0 aliphatic carbocycles. The van der Waals surface area contributed by atoms with Crippen LogP contribution >= 0.6 is 15.9 Å². The van der Waals surface area contributed by atoms with Crippen LogP contribution in [-0.2, 0) is 0 Å². The first-order chi connectivity index (χ1) is 8.60. The Bertz CT molecular complexity index is 613. The van der Waals surface area contributed by atoms with E-state index in [0.717, 1.165) is 10.0 Å². The summed E-state index contributed by atoms with van der Waals surface area (Å²) in [6, 6.07) is 7.14. The van der Waals surface area contributed by atoms with E-state index >= 15 is 0 Å². The maximum absolute atomic E-state index is 8.75. The van der Waals surface area contributed by atoms with Crippen molar-refractivity contribution in [3.05, 3.63) is 40.1 Å². The van der Waals surface area contributed by atoms with Crippen molar-refractivity contribution in [2.75, 3.05) is 5.73 Å². The molecule has 0 bridgehead atoms. The van der Waals surface area contributed by atoms with Gasteiger partial charge < -0.3 is 10.5 Å². The Morgan fingerprint density at radius 2 is 2.22 bits per heavy atom. The molecule has 0 spiro atoms. The summed E-state index contributed by atoms with van der Waals surface area (Å²) in [6.45, 7) is 1.87. The molecule has 0 amide bonds. The van der Waals surface area contributed by atoms with Crippen LogP contribution in [-0.4, -0.2) is 9.97 Å². The molecule has 0 saturated heterocycles. The van der Waals surface area contributed by atoms with Crippen molar-refractivity contribution in [1.29, 1.82) is 5.26 Å². The van der Waals surface area contributed by atoms with Gasteiger partial charge in [-0.15, -0.1) is 0 Å². The SMILES string of the molecule is Cc1cc(Br)cc(N)c1Oc1nccc(C#N)n1. The molecule has 1 heterocycles. The second-order valence-corrected chi connectivity index (χ2v) is 4.50. The van der Waals surface area contributed by atoms with Gasteiger partial charge in [0.25, 0.3) is 0 Å². The standard InChI is InChI=1S/C12H9BrN4O/c1-7-4-8(13)5-10(15)11(7)18-12-16-3-2-9(6-14)17-12/h2-5H,15H2,1H3. The molecular weight excluding hydrogens is 296 g/mol. The van der Waals surface area contributed by atoms with Gasteiger partial charge in [0.2, 0.25) is 0 Å². The molecule has 18 heavy (non-hydrogen) atoms. The van der Waals surface area contributed by atoms with Gasteiger partial charge >= 0.3 is 6.01 Å². The van der Waals surface area contributed by atoms with Crippen LogP contribution in [0.5, 0.6) is 11.8 Å².